The van der Waals surface area contributed by atoms with Crippen molar-refractivity contribution in [3.63, 3.8) is 0 Å². The van der Waals surface area contributed by atoms with Crippen LogP contribution in [0, 0.1) is 20.8 Å². The van der Waals surface area contributed by atoms with E-state index in [1.807, 2.05) is 0 Å². The van der Waals surface area contributed by atoms with Gasteiger partial charge in [0.25, 0.3) is 5.91 Å². The second kappa shape index (κ2) is 10.5. The van der Waals surface area contributed by atoms with E-state index in [0.717, 1.165) is 12.1 Å². The summed E-state index contributed by atoms with van der Waals surface area (Å²) in [7, 11) is -1.17. The van der Waals surface area contributed by atoms with E-state index in [-0.39, 0.29) is 44.3 Å². The van der Waals surface area contributed by atoms with Gasteiger partial charge in [0.15, 0.2) is 0 Å². The molecule has 25 heavy (non-hydrogen) atoms. The number of carbonyl (C=O) groups excluding carboxylic acids is 1. The average molecular weight is 437 g/mol. The first-order valence-corrected chi connectivity index (χ1v) is 12.1. The van der Waals surface area contributed by atoms with Crippen LogP contribution in [0.3, 0.4) is 0 Å². The monoisotopic (exact) mass is 437 g/mol. The number of benzene rings is 1. The summed E-state index contributed by atoms with van der Waals surface area (Å²) in [5, 5.41) is 3.32. The van der Waals surface area contributed by atoms with E-state index in [4.69, 9.17) is 0 Å². The van der Waals surface area contributed by atoms with Crippen LogP contribution in [0.25, 0.3) is 0 Å². The molecule has 0 bridgehead atoms. The third kappa shape index (κ3) is 5.60. The van der Waals surface area contributed by atoms with Crippen LogP contribution < -0.4 is 5.32 Å². The SMILES string of the molecule is CCC(C(=O)Nc1c(C)cc(C)cc1C)[P+]1(CC)CCCCCC1.[Y]. The van der Waals surface area contributed by atoms with E-state index < -0.39 is 7.26 Å². The fourth-order valence-electron chi connectivity index (χ4n) is 4.57. The van der Waals surface area contributed by atoms with Crippen molar-refractivity contribution in [1.29, 1.82) is 0 Å². The van der Waals surface area contributed by atoms with Crippen LogP contribution in [-0.2, 0) is 37.5 Å². The van der Waals surface area contributed by atoms with Crippen LogP contribution in [0.5, 0.6) is 0 Å². The van der Waals surface area contributed by atoms with Gasteiger partial charge in [0, 0.05) is 45.7 Å². The molecule has 1 amide bonds. The largest absolute Gasteiger partial charge is 0.322 e. The molecule has 1 heterocycles. The molecule has 1 aromatic carbocycles. The second-order valence-corrected chi connectivity index (χ2v) is 12.2. The average Bonchev–Trinajstić information content (AvgIpc) is 2.78. The van der Waals surface area contributed by atoms with Gasteiger partial charge in [-0.25, -0.2) is 0 Å². The minimum absolute atomic E-state index is 0. The van der Waals surface area contributed by atoms with Gasteiger partial charge in [-0.1, -0.05) is 24.6 Å². The van der Waals surface area contributed by atoms with Crippen molar-refractivity contribution >= 4 is 18.9 Å². The van der Waals surface area contributed by atoms with Crippen molar-refractivity contribution in [1.82, 2.24) is 0 Å². The van der Waals surface area contributed by atoms with Gasteiger partial charge in [-0.3, -0.25) is 4.79 Å². The van der Waals surface area contributed by atoms with Crippen molar-refractivity contribution in [3.05, 3.63) is 28.8 Å². The summed E-state index contributed by atoms with van der Waals surface area (Å²) >= 11 is 0. The molecule has 1 fully saturated rings. The Kier molecular flexibility index (Phi) is 9.80. The first-order valence-electron chi connectivity index (χ1n) is 9.68. The maximum Gasteiger partial charge on any atom is 0.265 e. The zero-order valence-corrected chi connectivity index (χ0v) is 20.6. The number of nitrogens with one attached hydrogen (secondary N) is 1. The number of hydrogen-bond donors (Lipinski definition) is 1. The molecule has 1 unspecified atom stereocenters. The maximum atomic E-state index is 13.2. The first-order chi connectivity index (χ1) is 11.4. The van der Waals surface area contributed by atoms with Crippen molar-refractivity contribution < 1.29 is 37.5 Å². The maximum absolute atomic E-state index is 13.2. The molecule has 0 spiro atoms. The Morgan fingerprint density at radius 3 is 2.00 bits per heavy atom. The summed E-state index contributed by atoms with van der Waals surface area (Å²) in [6, 6.07) is 4.33. The van der Waals surface area contributed by atoms with Gasteiger partial charge in [-0.05, 0) is 70.9 Å². The summed E-state index contributed by atoms with van der Waals surface area (Å²) in [5.74, 6) is 0.282. The van der Waals surface area contributed by atoms with E-state index in [0.29, 0.717) is 0 Å². The molecule has 4 heteroatoms. The molecule has 0 aliphatic carbocycles. The summed E-state index contributed by atoms with van der Waals surface area (Å²) < 4.78 is 0. The molecule has 2 nitrogen and oxygen atoms in total. The van der Waals surface area contributed by atoms with Gasteiger partial charge < -0.3 is 5.32 Å². The molecule has 2 rings (SSSR count). The van der Waals surface area contributed by atoms with Gasteiger partial charge in [-0.2, -0.15) is 0 Å². The number of carbonyl (C=O) groups is 1. The number of hydrogen-bond acceptors (Lipinski definition) is 1. The van der Waals surface area contributed by atoms with Crippen LogP contribution in [0.4, 0.5) is 5.69 Å². The van der Waals surface area contributed by atoms with Gasteiger partial charge >= 0.3 is 0 Å². The standard InChI is InChI=1S/C21H34NOP.Y/c1-6-19(24(7-2)12-10-8-9-11-13-24)21(23)22-20-17(4)14-16(3)15-18(20)5;/h14-15,19H,6-13H2,1-5H3;/p+1. The Hall–Kier alpha value is 0.224. The van der Waals surface area contributed by atoms with E-state index in [2.05, 4.69) is 52.1 Å². The molecule has 1 aliphatic heterocycles. The third-order valence-electron chi connectivity index (χ3n) is 5.86. The molecule has 1 N–H and O–H groups in total. The van der Waals surface area contributed by atoms with Crippen LogP contribution in [0.1, 0.15) is 62.6 Å². The van der Waals surface area contributed by atoms with E-state index in [1.165, 1.54) is 60.9 Å². The van der Waals surface area contributed by atoms with Crippen LogP contribution in [0.15, 0.2) is 12.1 Å². The predicted octanol–water partition coefficient (Wildman–Crippen LogP) is 5.94. The van der Waals surface area contributed by atoms with Gasteiger partial charge in [0.2, 0.25) is 0 Å². The molecule has 0 saturated carbocycles. The van der Waals surface area contributed by atoms with Crippen LogP contribution in [-0.4, -0.2) is 30.1 Å². The molecule has 1 radical (unpaired) electrons. The minimum atomic E-state index is -1.17. The summed E-state index contributed by atoms with van der Waals surface area (Å²) in [6.45, 7) is 10.9. The third-order valence-corrected chi connectivity index (χ3v) is 11.5. The molecule has 1 atom stereocenters. The fourth-order valence-corrected chi connectivity index (χ4v) is 9.54. The van der Waals surface area contributed by atoms with Crippen molar-refractivity contribution in [2.75, 3.05) is 23.8 Å². The van der Waals surface area contributed by atoms with Crippen molar-refractivity contribution in [3.8, 4) is 0 Å². The van der Waals surface area contributed by atoms with E-state index in [1.54, 1.807) is 0 Å². The normalized spacial score (nSPS) is 18.0. The van der Waals surface area contributed by atoms with Crippen LogP contribution >= 0.6 is 7.26 Å². The van der Waals surface area contributed by atoms with Gasteiger partial charge in [-0.15, -0.1) is 0 Å². The quantitative estimate of drug-likeness (QED) is 0.568. The first kappa shape index (κ1) is 23.3. The Bertz CT molecular complexity index is 556. The number of amides is 1. The van der Waals surface area contributed by atoms with E-state index >= 15 is 0 Å². The summed E-state index contributed by atoms with van der Waals surface area (Å²) in [5.41, 5.74) is 4.89. The number of anilines is 1. The Morgan fingerprint density at radius 2 is 1.56 bits per heavy atom. The summed E-state index contributed by atoms with van der Waals surface area (Å²) in [4.78, 5) is 13.2. The van der Waals surface area contributed by atoms with Gasteiger partial charge in [0.05, 0.1) is 18.5 Å². The zero-order valence-electron chi connectivity index (χ0n) is 16.8. The zero-order chi connectivity index (χ0) is 17.7. The van der Waals surface area contributed by atoms with Crippen molar-refractivity contribution in [2.45, 2.75) is 72.4 Å². The molecule has 1 aliphatic rings. The predicted molar refractivity (Wildman–Crippen MR) is 109 cm³/mol. The Labute approximate surface area is 180 Å². The minimum Gasteiger partial charge on any atom is -0.322 e. The molecular weight excluding hydrogens is 402 g/mol. The molecule has 137 valence electrons. The smallest absolute Gasteiger partial charge is 0.265 e. The fraction of sp³-hybridized carbons (Fsp3) is 0.667. The molecule has 1 aromatic rings. The summed E-state index contributed by atoms with van der Waals surface area (Å²) in [6.07, 6.45) is 10.2. The number of aryl methyl sites for hydroxylation is 3. The van der Waals surface area contributed by atoms with Gasteiger partial charge in [0.1, 0.15) is 5.66 Å². The molecule has 1 saturated heterocycles. The second-order valence-electron chi connectivity index (χ2n) is 7.58. The Morgan fingerprint density at radius 1 is 1.04 bits per heavy atom. The molecular formula is C21H35NOPY+. The number of rotatable bonds is 5. The topological polar surface area (TPSA) is 29.1 Å². The van der Waals surface area contributed by atoms with Crippen LogP contribution in [0.2, 0.25) is 0 Å². The van der Waals surface area contributed by atoms with Crippen molar-refractivity contribution in [2.24, 2.45) is 0 Å². The molecule has 0 aromatic heterocycles. The Balaban J connectivity index is 0.00000312. The van der Waals surface area contributed by atoms with E-state index in [9.17, 15) is 4.79 Å².